The summed E-state index contributed by atoms with van der Waals surface area (Å²) in [5, 5.41) is 28.5. The van der Waals surface area contributed by atoms with E-state index >= 15 is 0 Å². The van der Waals surface area contributed by atoms with Crippen molar-refractivity contribution in [2.24, 2.45) is 0 Å². The van der Waals surface area contributed by atoms with Crippen LogP contribution in [0.25, 0.3) is 0 Å². The third-order valence-electron chi connectivity index (χ3n) is 1.44. The van der Waals surface area contributed by atoms with Crippen molar-refractivity contribution in [2.45, 2.75) is 0 Å². The summed E-state index contributed by atoms with van der Waals surface area (Å²) >= 11 is 0. The highest BCUT2D eigenvalue weighted by Gasteiger charge is 2.21. The van der Waals surface area contributed by atoms with Gasteiger partial charge in [0.05, 0.1) is 12.0 Å². The first-order valence-corrected chi connectivity index (χ1v) is 3.30. The van der Waals surface area contributed by atoms with Crippen molar-refractivity contribution in [1.82, 2.24) is 0 Å². The molecule has 6 heteroatoms. The van der Waals surface area contributed by atoms with Gasteiger partial charge in [0.25, 0.3) is 0 Å². The standard InChI is InChI=1S/C7H7NO5/c1-13-6-3-4(9)2-5(10)7(6)8(11)12/h2-3,9-10H,1H3. The fourth-order valence-corrected chi connectivity index (χ4v) is 0.918. The van der Waals surface area contributed by atoms with Crippen molar-refractivity contribution < 1.29 is 19.9 Å². The Morgan fingerprint density at radius 3 is 2.54 bits per heavy atom. The van der Waals surface area contributed by atoms with E-state index in [0.29, 0.717) is 0 Å². The number of ether oxygens (including phenoxy) is 1. The van der Waals surface area contributed by atoms with Gasteiger partial charge in [0, 0.05) is 12.1 Å². The molecule has 0 aliphatic carbocycles. The van der Waals surface area contributed by atoms with Gasteiger partial charge in [-0.3, -0.25) is 10.1 Å². The molecule has 0 aliphatic rings. The number of phenols is 2. The molecular weight excluding hydrogens is 178 g/mol. The molecule has 0 spiro atoms. The lowest BCUT2D eigenvalue weighted by atomic mass is 10.2. The lowest BCUT2D eigenvalue weighted by molar-refractivity contribution is -0.386. The molecule has 70 valence electrons. The minimum Gasteiger partial charge on any atom is -0.508 e. The van der Waals surface area contributed by atoms with E-state index < -0.39 is 16.4 Å². The molecule has 1 aromatic carbocycles. The summed E-state index contributed by atoms with van der Waals surface area (Å²) in [6.07, 6.45) is 0. The maximum atomic E-state index is 10.4. The first-order chi connectivity index (χ1) is 6.06. The molecule has 0 unspecified atom stereocenters. The second-order valence-electron chi connectivity index (χ2n) is 2.27. The SMILES string of the molecule is COc1cc(O)cc(O)c1[N+](=O)[O-]. The van der Waals surface area contributed by atoms with E-state index in [4.69, 9.17) is 10.2 Å². The zero-order valence-electron chi connectivity index (χ0n) is 6.72. The zero-order chi connectivity index (χ0) is 10.0. The van der Waals surface area contributed by atoms with E-state index in [0.717, 1.165) is 12.1 Å². The number of rotatable bonds is 2. The van der Waals surface area contributed by atoms with Crippen LogP contribution in [-0.4, -0.2) is 22.2 Å². The number of benzene rings is 1. The minimum atomic E-state index is -0.784. The number of hydrogen-bond donors (Lipinski definition) is 2. The van der Waals surface area contributed by atoms with Crippen LogP contribution in [0.5, 0.6) is 17.2 Å². The third-order valence-corrected chi connectivity index (χ3v) is 1.44. The maximum absolute atomic E-state index is 10.4. The Morgan fingerprint density at radius 2 is 2.08 bits per heavy atom. The second-order valence-corrected chi connectivity index (χ2v) is 2.27. The van der Waals surface area contributed by atoms with Gasteiger partial charge in [0.1, 0.15) is 5.75 Å². The van der Waals surface area contributed by atoms with E-state index in [-0.39, 0.29) is 11.5 Å². The maximum Gasteiger partial charge on any atom is 0.352 e. The quantitative estimate of drug-likeness (QED) is 0.529. The van der Waals surface area contributed by atoms with Crippen LogP contribution >= 0.6 is 0 Å². The Kier molecular flexibility index (Phi) is 2.23. The van der Waals surface area contributed by atoms with Crippen LogP contribution in [0.1, 0.15) is 0 Å². The highest BCUT2D eigenvalue weighted by Crippen LogP contribution is 2.38. The molecule has 0 heterocycles. The molecule has 1 aromatic rings. The molecule has 2 N–H and O–H groups in total. The molecule has 0 aliphatic heterocycles. The smallest absolute Gasteiger partial charge is 0.352 e. The van der Waals surface area contributed by atoms with E-state index in [1.54, 1.807) is 0 Å². The van der Waals surface area contributed by atoms with Gasteiger partial charge in [0.2, 0.25) is 11.5 Å². The van der Waals surface area contributed by atoms with Crippen molar-refractivity contribution in [3.63, 3.8) is 0 Å². The van der Waals surface area contributed by atoms with E-state index in [9.17, 15) is 10.1 Å². The van der Waals surface area contributed by atoms with Crippen LogP contribution < -0.4 is 4.74 Å². The number of methoxy groups -OCH3 is 1. The van der Waals surface area contributed by atoms with E-state index in [1.807, 2.05) is 0 Å². The Balaban J connectivity index is 3.38. The topological polar surface area (TPSA) is 92.8 Å². The molecule has 0 atom stereocenters. The number of phenolic OH excluding ortho intramolecular Hbond substituents is 2. The first kappa shape index (κ1) is 9.11. The highest BCUT2D eigenvalue weighted by atomic mass is 16.6. The molecule has 6 nitrogen and oxygen atoms in total. The summed E-state index contributed by atoms with van der Waals surface area (Å²) in [4.78, 5) is 9.61. The average Bonchev–Trinajstić information content (AvgIpc) is 2.01. The van der Waals surface area contributed by atoms with Gasteiger partial charge in [-0.2, -0.15) is 0 Å². The average molecular weight is 185 g/mol. The number of nitro benzene ring substituents is 1. The Labute approximate surface area is 73.2 Å². The van der Waals surface area contributed by atoms with Crippen LogP contribution in [0.15, 0.2) is 12.1 Å². The van der Waals surface area contributed by atoms with Crippen LogP contribution in [0.3, 0.4) is 0 Å². The van der Waals surface area contributed by atoms with Gasteiger partial charge < -0.3 is 14.9 Å². The largest absolute Gasteiger partial charge is 0.508 e. The molecular formula is C7H7NO5. The lowest BCUT2D eigenvalue weighted by Crippen LogP contribution is -1.93. The molecule has 13 heavy (non-hydrogen) atoms. The summed E-state index contributed by atoms with van der Waals surface area (Å²) < 4.78 is 4.61. The second kappa shape index (κ2) is 3.18. The van der Waals surface area contributed by atoms with Crippen molar-refractivity contribution in [1.29, 1.82) is 0 Å². The van der Waals surface area contributed by atoms with Gasteiger partial charge in [-0.1, -0.05) is 0 Å². The summed E-state index contributed by atoms with van der Waals surface area (Å²) in [7, 11) is 1.21. The van der Waals surface area contributed by atoms with Crippen molar-refractivity contribution in [3.8, 4) is 17.2 Å². The van der Waals surface area contributed by atoms with E-state index in [1.165, 1.54) is 7.11 Å². The molecule has 0 amide bonds. The van der Waals surface area contributed by atoms with Crippen LogP contribution in [0.2, 0.25) is 0 Å². The minimum absolute atomic E-state index is 0.178. The molecule has 1 rings (SSSR count). The van der Waals surface area contributed by atoms with Crippen molar-refractivity contribution >= 4 is 5.69 Å². The molecule has 0 bridgehead atoms. The van der Waals surface area contributed by atoms with Gasteiger partial charge in [-0.15, -0.1) is 0 Å². The number of nitro groups is 1. The van der Waals surface area contributed by atoms with Gasteiger partial charge >= 0.3 is 5.69 Å². The van der Waals surface area contributed by atoms with Crippen molar-refractivity contribution in [3.05, 3.63) is 22.2 Å². The fraction of sp³-hybridized carbons (Fsp3) is 0.143. The normalized spacial score (nSPS) is 9.62. The molecule has 0 aromatic heterocycles. The molecule has 0 saturated heterocycles. The summed E-state index contributed by atoms with van der Waals surface area (Å²) in [5.74, 6) is -1.09. The Bertz CT molecular complexity index is 349. The summed E-state index contributed by atoms with van der Waals surface area (Å²) in [5.41, 5.74) is -0.555. The number of hydrogen-bond acceptors (Lipinski definition) is 5. The van der Waals surface area contributed by atoms with Crippen LogP contribution in [0.4, 0.5) is 5.69 Å². The monoisotopic (exact) mass is 185 g/mol. The molecule has 0 saturated carbocycles. The molecule has 0 radical (unpaired) electrons. The highest BCUT2D eigenvalue weighted by molar-refractivity contribution is 5.59. The summed E-state index contributed by atoms with van der Waals surface area (Å²) in [6.45, 7) is 0. The number of aromatic hydroxyl groups is 2. The summed E-state index contributed by atoms with van der Waals surface area (Å²) in [6, 6.07) is 1.93. The predicted molar refractivity (Wildman–Crippen MR) is 43.0 cm³/mol. The third kappa shape index (κ3) is 1.61. The zero-order valence-corrected chi connectivity index (χ0v) is 6.72. The first-order valence-electron chi connectivity index (χ1n) is 3.30. The predicted octanol–water partition coefficient (Wildman–Crippen LogP) is 1.01. The van der Waals surface area contributed by atoms with Crippen molar-refractivity contribution in [2.75, 3.05) is 7.11 Å². The van der Waals surface area contributed by atoms with Gasteiger partial charge in [-0.25, -0.2) is 0 Å². The molecule has 0 fully saturated rings. The number of nitrogens with zero attached hydrogens (tertiary/aromatic N) is 1. The lowest BCUT2D eigenvalue weighted by Gasteiger charge is -2.03. The van der Waals surface area contributed by atoms with Gasteiger partial charge in [-0.05, 0) is 0 Å². The fourth-order valence-electron chi connectivity index (χ4n) is 0.918. The van der Waals surface area contributed by atoms with Gasteiger partial charge in [0.15, 0.2) is 0 Å². The Hall–Kier alpha value is -1.98. The Morgan fingerprint density at radius 1 is 1.46 bits per heavy atom. The van der Waals surface area contributed by atoms with E-state index in [2.05, 4.69) is 4.74 Å². The van der Waals surface area contributed by atoms with Crippen LogP contribution in [0, 0.1) is 10.1 Å². The van der Waals surface area contributed by atoms with Crippen LogP contribution in [-0.2, 0) is 0 Å².